The van der Waals surface area contributed by atoms with Crippen LogP contribution in [0.25, 0.3) is 0 Å². The maximum absolute atomic E-state index is 12.7. The van der Waals surface area contributed by atoms with Crippen LogP contribution < -0.4 is 5.11 Å². The number of ether oxygens (including phenoxy) is 3. The summed E-state index contributed by atoms with van der Waals surface area (Å²) in [5.74, 6) is -1.78. The van der Waals surface area contributed by atoms with Crippen molar-refractivity contribution in [3.8, 4) is 0 Å². The molecule has 8 nitrogen and oxygen atoms in total. The van der Waals surface area contributed by atoms with Crippen LogP contribution in [0.15, 0.2) is 60.8 Å². The molecule has 0 aromatic heterocycles. The number of quaternary nitrogens is 1. The predicted molar refractivity (Wildman–Crippen MR) is 222 cm³/mol. The number of esters is 2. The first-order valence-corrected chi connectivity index (χ1v) is 21.3. The molecule has 0 aliphatic carbocycles. The number of nitrogens with zero attached hydrogens (tertiary/aromatic N) is 1. The Morgan fingerprint density at radius 2 is 1.04 bits per heavy atom. The number of rotatable bonds is 37. The minimum absolute atomic E-state index is 0.0262. The Morgan fingerprint density at radius 3 is 1.54 bits per heavy atom. The quantitative estimate of drug-likeness (QED) is 0.0269. The summed E-state index contributed by atoms with van der Waals surface area (Å²) in [4.78, 5) is 36.8. The first-order chi connectivity index (χ1) is 26.1. The highest BCUT2D eigenvalue weighted by Gasteiger charge is 2.25. The van der Waals surface area contributed by atoms with Crippen LogP contribution in [0.1, 0.15) is 162 Å². The van der Waals surface area contributed by atoms with Crippen molar-refractivity contribution in [1.29, 1.82) is 0 Å². The fourth-order valence-corrected chi connectivity index (χ4v) is 5.86. The number of likely N-dealkylation sites (N-methyl/N-ethyl adjacent to an activating group) is 1. The second-order valence-electron chi connectivity index (χ2n) is 15.2. The summed E-state index contributed by atoms with van der Waals surface area (Å²) in [6.45, 7) is 4.49. The van der Waals surface area contributed by atoms with Gasteiger partial charge in [-0.3, -0.25) is 9.59 Å². The van der Waals surface area contributed by atoms with Crippen LogP contribution in [0.4, 0.5) is 0 Å². The van der Waals surface area contributed by atoms with Gasteiger partial charge in [-0.25, -0.2) is 0 Å². The Bertz CT molecular complexity index is 1070. The average molecular weight is 758 g/mol. The highest BCUT2D eigenvalue weighted by atomic mass is 16.6. The van der Waals surface area contributed by atoms with Gasteiger partial charge >= 0.3 is 11.9 Å². The number of carbonyl (C=O) groups excluding carboxylic acids is 3. The minimum atomic E-state index is -1.13. The molecule has 0 radical (unpaired) electrons. The van der Waals surface area contributed by atoms with E-state index in [-0.39, 0.29) is 49.1 Å². The third kappa shape index (κ3) is 34.8. The summed E-state index contributed by atoms with van der Waals surface area (Å²) in [7, 11) is 5.39. The first-order valence-electron chi connectivity index (χ1n) is 21.3. The second-order valence-corrected chi connectivity index (χ2v) is 15.2. The van der Waals surface area contributed by atoms with Crippen molar-refractivity contribution >= 4 is 17.9 Å². The van der Waals surface area contributed by atoms with Gasteiger partial charge in [0.15, 0.2) is 6.10 Å². The second kappa shape index (κ2) is 37.0. The molecule has 2 unspecified atom stereocenters. The summed E-state index contributed by atoms with van der Waals surface area (Å²) in [5.41, 5.74) is 0. The van der Waals surface area contributed by atoms with E-state index in [4.69, 9.17) is 14.2 Å². The van der Waals surface area contributed by atoms with Crippen LogP contribution >= 0.6 is 0 Å². The van der Waals surface area contributed by atoms with E-state index in [0.29, 0.717) is 12.8 Å². The minimum Gasteiger partial charge on any atom is -0.544 e. The number of allylic oxidation sites excluding steroid dienone is 10. The lowest BCUT2D eigenvalue weighted by atomic mass is 10.1. The largest absolute Gasteiger partial charge is 0.544 e. The van der Waals surface area contributed by atoms with Crippen LogP contribution in [0, 0.1) is 0 Å². The van der Waals surface area contributed by atoms with Gasteiger partial charge in [0.1, 0.15) is 12.6 Å². The monoisotopic (exact) mass is 758 g/mol. The van der Waals surface area contributed by atoms with Crippen LogP contribution in [-0.2, 0) is 28.6 Å². The van der Waals surface area contributed by atoms with E-state index in [2.05, 4.69) is 74.6 Å². The van der Waals surface area contributed by atoms with Crippen molar-refractivity contribution in [3.63, 3.8) is 0 Å². The number of carbonyl (C=O) groups is 3. The molecular weight excluding hydrogens is 679 g/mol. The van der Waals surface area contributed by atoms with Gasteiger partial charge in [0.2, 0.25) is 0 Å². The van der Waals surface area contributed by atoms with Crippen LogP contribution in [0.2, 0.25) is 0 Å². The molecule has 54 heavy (non-hydrogen) atoms. The Hall–Kier alpha value is -2.97. The van der Waals surface area contributed by atoms with Crippen molar-refractivity contribution in [3.05, 3.63) is 60.8 Å². The standard InChI is InChI=1S/C46H79NO7/c1-6-8-10-12-14-16-18-19-20-21-22-23-24-25-27-29-31-33-35-37-45(49)54-42(40-52-39-38-43(46(50)51)47(3,4)5)41-53-44(48)36-34-32-30-28-26-17-15-13-11-9-7-2/h8,10,14,16,19-20,22-23,25,27,42-43H,6-7,9,11-13,15,17-18,21,24,26,28-41H2,1-5H3/b10-8-,16-14-,20-19-,23-22-,27-25-. The number of hydrogen-bond acceptors (Lipinski definition) is 7. The maximum Gasteiger partial charge on any atom is 0.306 e. The molecule has 0 aromatic carbocycles. The zero-order chi connectivity index (χ0) is 40.0. The van der Waals surface area contributed by atoms with E-state index in [1.54, 1.807) is 21.1 Å². The Balaban J connectivity index is 4.43. The lowest BCUT2D eigenvalue weighted by molar-refractivity contribution is -0.889. The first kappa shape index (κ1) is 51.0. The third-order valence-electron chi connectivity index (χ3n) is 9.17. The fraction of sp³-hybridized carbons (Fsp3) is 0.717. The van der Waals surface area contributed by atoms with Crippen LogP contribution in [0.3, 0.4) is 0 Å². The Morgan fingerprint density at radius 1 is 0.574 bits per heavy atom. The number of aliphatic carboxylic acids is 1. The van der Waals surface area contributed by atoms with Crippen molar-refractivity contribution in [2.24, 2.45) is 0 Å². The SMILES string of the molecule is CC/C=C\C/C=C\C/C=C\C/C=C\C/C=C\CCCCCC(=O)OC(COCCC(C(=O)[O-])[N+](C)(C)C)COC(=O)CCCCCCCCCCCCC. The molecule has 0 spiro atoms. The Kier molecular flexibility index (Phi) is 34.9. The van der Waals surface area contributed by atoms with Crippen LogP contribution in [0.5, 0.6) is 0 Å². The molecule has 0 rings (SSSR count). The summed E-state index contributed by atoms with van der Waals surface area (Å²) in [5, 5.41) is 11.6. The van der Waals surface area contributed by atoms with Gasteiger partial charge in [-0.1, -0.05) is 145 Å². The van der Waals surface area contributed by atoms with E-state index in [0.717, 1.165) is 70.6 Å². The summed E-state index contributed by atoms with van der Waals surface area (Å²) in [6, 6.07) is -0.732. The number of unbranched alkanes of at least 4 members (excludes halogenated alkanes) is 13. The topological polar surface area (TPSA) is 102 Å². The van der Waals surface area contributed by atoms with Crippen molar-refractivity contribution < 1.29 is 38.2 Å². The molecular formula is C46H79NO7. The molecule has 0 N–H and O–H groups in total. The maximum atomic E-state index is 12.7. The molecule has 2 atom stereocenters. The van der Waals surface area contributed by atoms with Crippen LogP contribution in [-0.4, -0.2) is 75.5 Å². The zero-order valence-corrected chi connectivity index (χ0v) is 35.1. The highest BCUT2D eigenvalue weighted by molar-refractivity contribution is 5.70. The Labute approximate surface area is 330 Å². The molecule has 0 aliphatic rings. The zero-order valence-electron chi connectivity index (χ0n) is 35.1. The molecule has 0 aliphatic heterocycles. The fourth-order valence-electron chi connectivity index (χ4n) is 5.86. The molecule has 0 fully saturated rings. The van der Waals surface area contributed by atoms with Gasteiger partial charge < -0.3 is 28.6 Å². The lowest BCUT2D eigenvalue weighted by Crippen LogP contribution is -2.55. The molecule has 0 aromatic rings. The lowest BCUT2D eigenvalue weighted by Gasteiger charge is -2.34. The average Bonchev–Trinajstić information content (AvgIpc) is 3.12. The highest BCUT2D eigenvalue weighted by Crippen LogP contribution is 2.13. The van der Waals surface area contributed by atoms with E-state index >= 15 is 0 Å². The van der Waals surface area contributed by atoms with Crippen molar-refractivity contribution in [2.45, 2.75) is 174 Å². The van der Waals surface area contributed by atoms with Gasteiger partial charge in [0, 0.05) is 19.3 Å². The summed E-state index contributed by atoms with van der Waals surface area (Å²) in [6.07, 6.45) is 43.9. The van der Waals surface area contributed by atoms with Crippen molar-refractivity contribution in [2.75, 3.05) is 41.0 Å². The van der Waals surface area contributed by atoms with Gasteiger partial charge in [-0.2, -0.15) is 0 Å². The number of carboxylic acids is 1. The van der Waals surface area contributed by atoms with E-state index in [9.17, 15) is 19.5 Å². The normalized spacial score (nSPS) is 13.6. The van der Waals surface area contributed by atoms with Crippen molar-refractivity contribution in [1.82, 2.24) is 0 Å². The summed E-state index contributed by atoms with van der Waals surface area (Å²) >= 11 is 0. The third-order valence-corrected chi connectivity index (χ3v) is 9.17. The van der Waals surface area contributed by atoms with E-state index in [1.165, 1.54) is 51.4 Å². The molecule has 0 bridgehead atoms. The molecule has 0 saturated heterocycles. The summed E-state index contributed by atoms with van der Waals surface area (Å²) < 4.78 is 17.1. The molecule has 0 saturated carbocycles. The molecule has 0 heterocycles. The number of hydrogen-bond donors (Lipinski definition) is 0. The van der Waals surface area contributed by atoms with E-state index in [1.807, 2.05) is 0 Å². The molecule has 310 valence electrons. The molecule has 0 amide bonds. The predicted octanol–water partition coefficient (Wildman–Crippen LogP) is 10.1. The van der Waals surface area contributed by atoms with Gasteiger partial charge in [0.05, 0.1) is 40.3 Å². The molecule has 8 heteroatoms. The van der Waals surface area contributed by atoms with Gasteiger partial charge in [-0.15, -0.1) is 0 Å². The number of carboxylic acid groups (broad SMARTS) is 1. The van der Waals surface area contributed by atoms with E-state index < -0.39 is 18.1 Å². The smallest absolute Gasteiger partial charge is 0.306 e. The van der Waals surface area contributed by atoms with Gasteiger partial charge in [0.25, 0.3) is 0 Å². The van der Waals surface area contributed by atoms with Gasteiger partial charge in [-0.05, 0) is 57.8 Å².